The molecule has 88 valence electrons. The lowest BCUT2D eigenvalue weighted by Crippen LogP contribution is -2.08. The number of rotatable bonds is 4. The SMILES string of the molecule is Cc1cc(C(=O)O)nc(NCc2ccno2)n1. The lowest BCUT2D eigenvalue weighted by molar-refractivity contribution is 0.0690. The molecule has 17 heavy (non-hydrogen) atoms. The third-order valence-electron chi connectivity index (χ3n) is 1.99. The Morgan fingerprint density at radius 3 is 3.00 bits per heavy atom. The zero-order valence-electron chi connectivity index (χ0n) is 9.04. The number of aromatic carboxylic acids is 1. The Balaban J connectivity index is 2.13. The van der Waals surface area contributed by atoms with E-state index in [4.69, 9.17) is 9.63 Å². The molecule has 2 aromatic heterocycles. The smallest absolute Gasteiger partial charge is 0.354 e. The van der Waals surface area contributed by atoms with Gasteiger partial charge in [0.2, 0.25) is 5.95 Å². The molecule has 0 aliphatic rings. The predicted octanol–water partition coefficient (Wildman–Crippen LogP) is 1.08. The van der Waals surface area contributed by atoms with Gasteiger partial charge < -0.3 is 14.9 Å². The molecule has 0 atom stereocenters. The van der Waals surface area contributed by atoms with Gasteiger partial charge in [-0.1, -0.05) is 5.16 Å². The van der Waals surface area contributed by atoms with Crippen LogP contribution in [0.4, 0.5) is 5.95 Å². The average molecular weight is 234 g/mol. The third kappa shape index (κ3) is 2.77. The van der Waals surface area contributed by atoms with Crippen molar-refractivity contribution in [2.75, 3.05) is 5.32 Å². The van der Waals surface area contributed by atoms with E-state index in [9.17, 15) is 4.79 Å². The number of aromatic nitrogens is 3. The molecule has 0 saturated carbocycles. The highest BCUT2D eigenvalue weighted by Gasteiger charge is 2.08. The summed E-state index contributed by atoms with van der Waals surface area (Å²) in [5.41, 5.74) is 0.537. The summed E-state index contributed by atoms with van der Waals surface area (Å²) < 4.78 is 4.88. The molecule has 0 unspecified atom stereocenters. The van der Waals surface area contributed by atoms with E-state index in [0.717, 1.165) is 0 Å². The van der Waals surface area contributed by atoms with Crippen LogP contribution in [0.15, 0.2) is 22.9 Å². The van der Waals surface area contributed by atoms with Crippen molar-refractivity contribution in [3.05, 3.63) is 35.5 Å². The van der Waals surface area contributed by atoms with Gasteiger partial charge in [-0.25, -0.2) is 14.8 Å². The number of nitrogens with zero attached hydrogens (tertiary/aromatic N) is 3. The summed E-state index contributed by atoms with van der Waals surface area (Å²) in [4.78, 5) is 18.7. The minimum absolute atomic E-state index is 0.0439. The summed E-state index contributed by atoms with van der Waals surface area (Å²) in [5, 5.41) is 15.3. The maximum atomic E-state index is 10.8. The van der Waals surface area contributed by atoms with Crippen molar-refractivity contribution in [2.24, 2.45) is 0 Å². The Morgan fingerprint density at radius 1 is 1.53 bits per heavy atom. The van der Waals surface area contributed by atoms with Gasteiger partial charge in [0.1, 0.15) is 0 Å². The minimum Gasteiger partial charge on any atom is -0.477 e. The topological polar surface area (TPSA) is 101 Å². The first-order valence-corrected chi connectivity index (χ1v) is 4.87. The first kappa shape index (κ1) is 11.1. The summed E-state index contributed by atoms with van der Waals surface area (Å²) in [6, 6.07) is 3.10. The number of carboxylic acids is 1. The fourth-order valence-electron chi connectivity index (χ4n) is 1.26. The fraction of sp³-hybridized carbons (Fsp3) is 0.200. The molecule has 7 nitrogen and oxygen atoms in total. The maximum Gasteiger partial charge on any atom is 0.354 e. The highest BCUT2D eigenvalue weighted by Crippen LogP contribution is 2.07. The number of hydrogen-bond donors (Lipinski definition) is 2. The number of hydrogen-bond acceptors (Lipinski definition) is 6. The van der Waals surface area contributed by atoms with Gasteiger partial charge in [-0.3, -0.25) is 0 Å². The van der Waals surface area contributed by atoms with E-state index in [1.54, 1.807) is 13.0 Å². The van der Waals surface area contributed by atoms with Gasteiger partial charge in [-0.2, -0.15) is 0 Å². The molecule has 0 radical (unpaired) electrons. The Bertz CT molecular complexity index is 524. The van der Waals surface area contributed by atoms with E-state index >= 15 is 0 Å². The lowest BCUT2D eigenvalue weighted by Gasteiger charge is -2.04. The van der Waals surface area contributed by atoms with Crippen LogP contribution in [0.25, 0.3) is 0 Å². The molecule has 0 aliphatic carbocycles. The second kappa shape index (κ2) is 4.60. The van der Waals surface area contributed by atoms with Crippen LogP contribution in [0.5, 0.6) is 0 Å². The van der Waals surface area contributed by atoms with Gasteiger partial charge in [-0.05, 0) is 13.0 Å². The van der Waals surface area contributed by atoms with Crippen LogP contribution in [-0.4, -0.2) is 26.2 Å². The molecule has 7 heteroatoms. The number of carbonyl (C=O) groups is 1. The molecule has 0 aromatic carbocycles. The van der Waals surface area contributed by atoms with Gasteiger partial charge in [0.25, 0.3) is 0 Å². The van der Waals surface area contributed by atoms with Crippen LogP contribution in [0.1, 0.15) is 21.9 Å². The van der Waals surface area contributed by atoms with Gasteiger partial charge in [0, 0.05) is 11.8 Å². The molecule has 0 spiro atoms. The van der Waals surface area contributed by atoms with Crippen LogP contribution >= 0.6 is 0 Å². The Hall–Kier alpha value is -2.44. The molecule has 2 aromatic rings. The minimum atomic E-state index is -1.08. The molecule has 0 bridgehead atoms. The van der Waals surface area contributed by atoms with Gasteiger partial charge in [-0.15, -0.1) is 0 Å². The number of carboxylic acid groups (broad SMARTS) is 1. The van der Waals surface area contributed by atoms with Crippen LogP contribution in [0.2, 0.25) is 0 Å². The summed E-state index contributed by atoms with van der Waals surface area (Å²) in [6.45, 7) is 2.05. The normalized spacial score (nSPS) is 10.2. The van der Waals surface area contributed by atoms with E-state index in [1.807, 2.05) is 0 Å². The van der Waals surface area contributed by atoms with Crippen molar-refractivity contribution in [3.8, 4) is 0 Å². The van der Waals surface area contributed by atoms with Crippen LogP contribution < -0.4 is 5.32 Å². The molecule has 0 aliphatic heterocycles. The monoisotopic (exact) mass is 234 g/mol. The Kier molecular flexibility index (Phi) is 2.99. The quantitative estimate of drug-likeness (QED) is 0.816. The molecule has 0 saturated heterocycles. The highest BCUT2D eigenvalue weighted by molar-refractivity contribution is 5.85. The van der Waals surface area contributed by atoms with Crippen LogP contribution in [0.3, 0.4) is 0 Å². The average Bonchev–Trinajstić information content (AvgIpc) is 2.78. The van der Waals surface area contributed by atoms with Crippen molar-refractivity contribution < 1.29 is 14.4 Å². The first-order valence-electron chi connectivity index (χ1n) is 4.87. The molecule has 2 N–H and O–H groups in total. The van der Waals surface area contributed by atoms with Crippen molar-refractivity contribution in [3.63, 3.8) is 0 Å². The Labute approximate surface area is 96.5 Å². The second-order valence-electron chi connectivity index (χ2n) is 3.36. The van der Waals surface area contributed by atoms with E-state index in [0.29, 0.717) is 18.0 Å². The standard InChI is InChI=1S/C10H10N4O3/c1-6-4-8(9(15)16)14-10(13-6)11-5-7-2-3-12-17-7/h2-4H,5H2,1H3,(H,15,16)(H,11,13,14). The fourth-order valence-corrected chi connectivity index (χ4v) is 1.26. The van der Waals surface area contributed by atoms with E-state index in [2.05, 4.69) is 20.4 Å². The lowest BCUT2D eigenvalue weighted by atomic mass is 10.3. The summed E-state index contributed by atoms with van der Waals surface area (Å²) in [7, 11) is 0. The third-order valence-corrected chi connectivity index (χ3v) is 1.99. The van der Waals surface area contributed by atoms with E-state index in [-0.39, 0.29) is 11.6 Å². The number of anilines is 1. The highest BCUT2D eigenvalue weighted by atomic mass is 16.5. The number of nitrogens with one attached hydrogen (secondary N) is 1. The van der Waals surface area contributed by atoms with Crippen molar-refractivity contribution in [1.82, 2.24) is 15.1 Å². The maximum absolute atomic E-state index is 10.8. The first-order chi connectivity index (χ1) is 8.15. The predicted molar refractivity (Wildman–Crippen MR) is 57.6 cm³/mol. The summed E-state index contributed by atoms with van der Waals surface area (Å²) >= 11 is 0. The molecule has 2 rings (SSSR count). The second-order valence-corrected chi connectivity index (χ2v) is 3.36. The van der Waals surface area contributed by atoms with E-state index in [1.165, 1.54) is 12.3 Å². The summed E-state index contributed by atoms with van der Waals surface area (Å²) in [6.07, 6.45) is 1.52. The van der Waals surface area contributed by atoms with E-state index < -0.39 is 5.97 Å². The van der Waals surface area contributed by atoms with Crippen LogP contribution in [0, 0.1) is 6.92 Å². The Morgan fingerprint density at radius 2 is 2.35 bits per heavy atom. The molecule has 0 amide bonds. The van der Waals surface area contributed by atoms with Gasteiger partial charge in [0.15, 0.2) is 11.5 Å². The zero-order chi connectivity index (χ0) is 12.3. The molecule has 2 heterocycles. The van der Waals surface area contributed by atoms with Crippen molar-refractivity contribution in [1.29, 1.82) is 0 Å². The largest absolute Gasteiger partial charge is 0.477 e. The van der Waals surface area contributed by atoms with Crippen molar-refractivity contribution in [2.45, 2.75) is 13.5 Å². The molecular weight excluding hydrogens is 224 g/mol. The zero-order valence-corrected chi connectivity index (χ0v) is 9.04. The molecule has 0 fully saturated rings. The summed E-state index contributed by atoms with van der Waals surface area (Å²) in [5.74, 6) is -0.219. The van der Waals surface area contributed by atoms with Gasteiger partial charge in [0.05, 0.1) is 12.7 Å². The van der Waals surface area contributed by atoms with Crippen molar-refractivity contribution >= 4 is 11.9 Å². The van der Waals surface area contributed by atoms with Gasteiger partial charge >= 0.3 is 5.97 Å². The number of aryl methyl sites for hydroxylation is 1. The molecular formula is C10H10N4O3. The van der Waals surface area contributed by atoms with Crippen LogP contribution in [-0.2, 0) is 6.54 Å².